The van der Waals surface area contributed by atoms with Crippen molar-refractivity contribution in [2.24, 2.45) is 0 Å². The standard InChI is InChI=1S/C19H23N3O/c1-13-10-14(2)21-18(20-13)22-16-8-9-17(22)12-19(23,11-16)15-6-4-3-5-7-15/h3-7,10,16-17,23H,8-9,11-12H2,1-2H3. The highest BCUT2D eigenvalue weighted by atomic mass is 16.3. The van der Waals surface area contributed by atoms with Gasteiger partial charge in [0.25, 0.3) is 0 Å². The van der Waals surface area contributed by atoms with Gasteiger partial charge in [-0.3, -0.25) is 0 Å². The van der Waals surface area contributed by atoms with E-state index >= 15 is 0 Å². The highest BCUT2D eigenvalue weighted by Crippen LogP contribution is 2.46. The number of benzene rings is 1. The summed E-state index contributed by atoms with van der Waals surface area (Å²) in [5, 5.41) is 11.2. The molecule has 1 aromatic heterocycles. The first-order valence-electron chi connectivity index (χ1n) is 8.44. The van der Waals surface area contributed by atoms with Gasteiger partial charge < -0.3 is 10.0 Å². The Morgan fingerprint density at radius 2 is 1.57 bits per heavy atom. The van der Waals surface area contributed by atoms with Crippen LogP contribution in [0.1, 0.15) is 42.6 Å². The number of aromatic nitrogens is 2. The predicted octanol–water partition coefficient (Wildman–Crippen LogP) is 3.11. The maximum atomic E-state index is 11.2. The topological polar surface area (TPSA) is 49.2 Å². The van der Waals surface area contributed by atoms with Gasteiger partial charge in [0.15, 0.2) is 0 Å². The van der Waals surface area contributed by atoms with Crippen molar-refractivity contribution >= 4 is 5.95 Å². The summed E-state index contributed by atoms with van der Waals surface area (Å²) in [6.07, 6.45) is 3.72. The molecule has 23 heavy (non-hydrogen) atoms. The molecule has 0 amide bonds. The quantitative estimate of drug-likeness (QED) is 0.926. The monoisotopic (exact) mass is 309 g/mol. The molecule has 3 heterocycles. The number of hydrogen-bond acceptors (Lipinski definition) is 4. The van der Waals surface area contributed by atoms with Crippen molar-refractivity contribution in [1.82, 2.24) is 9.97 Å². The Morgan fingerprint density at radius 3 is 2.13 bits per heavy atom. The third kappa shape index (κ3) is 2.51. The molecule has 0 aliphatic carbocycles. The summed E-state index contributed by atoms with van der Waals surface area (Å²) in [5.41, 5.74) is 2.34. The minimum atomic E-state index is -0.720. The summed E-state index contributed by atoms with van der Waals surface area (Å²) in [6.45, 7) is 4.04. The normalized spacial score (nSPS) is 29.8. The molecule has 4 rings (SSSR count). The molecule has 2 bridgehead atoms. The highest BCUT2D eigenvalue weighted by Gasteiger charge is 2.49. The van der Waals surface area contributed by atoms with Crippen molar-refractivity contribution in [3.63, 3.8) is 0 Å². The smallest absolute Gasteiger partial charge is 0.226 e. The lowest BCUT2D eigenvalue weighted by Crippen LogP contribution is -2.50. The lowest BCUT2D eigenvalue weighted by atomic mass is 9.80. The maximum absolute atomic E-state index is 11.2. The number of anilines is 1. The maximum Gasteiger partial charge on any atom is 0.226 e. The van der Waals surface area contributed by atoms with Crippen LogP contribution >= 0.6 is 0 Å². The van der Waals surface area contributed by atoms with Gasteiger partial charge >= 0.3 is 0 Å². The van der Waals surface area contributed by atoms with Crippen LogP contribution in [0.25, 0.3) is 0 Å². The van der Waals surface area contributed by atoms with E-state index in [1.165, 1.54) is 0 Å². The number of piperidine rings is 1. The molecule has 120 valence electrons. The molecule has 2 saturated heterocycles. The molecule has 0 radical (unpaired) electrons. The number of nitrogens with zero attached hydrogens (tertiary/aromatic N) is 3. The predicted molar refractivity (Wildman–Crippen MR) is 90.4 cm³/mol. The lowest BCUT2D eigenvalue weighted by molar-refractivity contribution is -0.00337. The van der Waals surface area contributed by atoms with Crippen LogP contribution in [-0.2, 0) is 5.60 Å². The number of hydrogen-bond donors (Lipinski definition) is 1. The van der Waals surface area contributed by atoms with Crippen molar-refractivity contribution in [3.8, 4) is 0 Å². The summed E-state index contributed by atoms with van der Waals surface area (Å²) in [4.78, 5) is 11.7. The summed E-state index contributed by atoms with van der Waals surface area (Å²) in [5.74, 6) is 0.838. The van der Waals surface area contributed by atoms with Crippen LogP contribution in [-0.4, -0.2) is 27.2 Å². The van der Waals surface area contributed by atoms with Crippen molar-refractivity contribution in [3.05, 3.63) is 53.3 Å². The van der Waals surface area contributed by atoms with E-state index in [1.807, 2.05) is 50.2 Å². The second-order valence-electron chi connectivity index (χ2n) is 7.05. The molecule has 2 aliphatic heterocycles. The van der Waals surface area contributed by atoms with E-state index in [4.69, 9.17) is 0 Å². The minimum Gasteiger partial charge on any atom is -0.385 e. The molecule has 1 aromatic carbocycles. The SMILES string of the molecule is Cc1cc(C)nc(N2C3CCC2CC(O)(c2ccccc2)C3)n1. The van der Waals surface area contributed by atoms with Gasteiger partial charge in [-0.15, -0.1) is 0 Å². The Hall–Kier alpha value is -1.94. The fraction of sp³-hybridized carbons (Fsp3) is 0.474. The first kappa shape index (κ1) is 14.6. The summed E-state index contributed by atoms with van der Waals surface area (Å²) >= 11 is 0. The van der Waals surface area contributed by atoms with Crippen molar-refractivity contribution in [1.29, 1.82) is 0 Å². The van der Waals surface area contributed by atoms with Crippen LogP contribution in [0, 0.1) is 13.8 Å². The Labute approximate surface area is 137 Å². The van der Waals surface area contributed by atoms with Crippen LogP contribution in [0.2, 0.25) is 0 Å². The zero-order valence-electron chi connectivity index (χ0n) is 13.7. The largest absolute Gasteiger partial charge is 0.385 e. The lowest BCUT2D eigenvalue weighted by Gasteiger charge is -2.44. The Bertz CT molecular complexity index is 682. The van der Waals surface area contributed by atoms with E-state index in [2.05, 4.69) is 14.9 Å². The number of rotatable bonds is 2. The Morgan fingerprint density at radius 1 is 1.00 bits per heavy atom. The van der Waals surface area contributed by atoms with Crippen LogP contribution in [0.15, 0.2) is 36.4 Å². The molecule has 2 aliphatic rings. The molecule has 2 aromatic rings. The van der Waals surface area contributed by atoms with Gasteiger partial charge in [-0.05, 0) is 38.3 Å². The average Bonchev–Trinajstić information content (AvgIpc) is 2.80. The Balaban J connectivity index is 1.66. The van der Waals surface area contributed by atoms with E-state index in [0.717, 1.165) is 48.6 Å². The minimum absolute atomic E-state index is 0.320. The average molecular weight is 309 g/mol. The van der Waals surface area contributed by atoms with Gasteiger partial charge in [0.1, 0.15) is 0 Å². The molecule has 2 atom stereocenters. The van der Waals surface area contributed by atoms with E-state index in [-0.39, 0.29) is 0 Å². The van der Waals surface area contributed by atoms with E-state index in [1.54, 1.807) is 0 Å². The zero-order chi connectivity index (χ0) is 16.0. The van der Waals surface area contributed by atoms with Crippen molar-refractivity contribution in [2.45, 2.75) is 57.2 Å². The van der Waals surface area contributed by atoms with Crippen LogP contribution in [0.4, 0.5) is 5.95 Å². The van der Waals surface area contributed by atoms with Crippen molar-refractivity contribution in [2.75, 3.05) is 4.90 Å². The van der Waals surface area contributed by atoms with Crippen LogP contribution < -0.4 is 4.90 Å². The van der Waals surface area contributed by atoms with Gasteiger partial charge in [-0.2, -0.15) is 0 Å². The molecule has 2 fully saturated rings. The number of aryl methyl sites for hydroxylation is 2. The highest BCUT2D eigenvalue weighted by molar-refractivity contribution is 5.41. The molecule has 0 saturated carbocycles. The van der Waals surface area contributed by atoms with Crippen LogP contribution in [0.5, 0.6) is 0 Å². The second kappa shape index (κ2) is 5.31. The third-order valence-corrected chi connectivity index (χ3v) is 5.28. The fourth-order valence-electron chi connectivity index (χ4n) is 4.36. The Kier molecular flexibility index (Phi) is 3.38. The van der Waals surface area contributed by atoms with Gasteiger partial charge in [0, 0.05) is 36.3 Å². The molecular formula is C19H23N3O. The number of aliphatic hydroxyl groups is 1. The van der Waals surface area contributed by atoms with Gasteiger partial charge in [0.05, 0.1) is 5.60 Å². The number of fused-ring (bicyclic) bond motifs is 2. The van der Waals surface area contributed by atoms with Crippen LogP contribution in [0.3, 0.4) is 0 Å². The first-order chi connectivity index (χ1) is 11.0. The van der Waals surface area contributed by atoms with Crippen molar-refractivity contribution < 1.29 is 5.11 Å². The van der Waals surface area contributed by atoms with Gasteiger partial charge in [0.2, 0.25) is 5.95 Å². The summed E-state index contributed by atoms with van der Waals surface area (Å²) < 4.78 is 0. The summed E-state index contributed by atoms with van der Waals surface area (Å²) in [6, 6.07) is 12.8. The molecule has 2 unspecified atom stereocenters. The third-order valence-electron chi connectivity index (χ3n) is 5.28. The van der Waals surface area contributed by atoms with Gasteiger partial charge in [-0.1, -0.05) is 30.3 Å². The van der Waals surface area contributed by atoms with E-state index in [9.17, 15) is 5.11 Å². The molecule has 4 nitrogen and oxygen atoms in total. The first-order valence-corrected chi connectivity index (χ1v) is 8.44. The molecule has 1 N–H and O–H groups in total. The van der Waals surface area contributed by atoms with E-state index in [0.29, 0.717) is 12.1 Å². The molecular weight excluding hydrogens is 286 g/mol. The fourth-order valence-corrected chi connectivity index (χ4v) is 4.36. The molecule has 0 spiro atoms. The van der Waals surface area contributed by atoms with E-state index < -0.39 is 5.60 Å². The zero-order valence-corrected chi connectivity index (χ0v) is 13.7. The second-order valence-corrected chi connectivity index (χ2v) is 7.05. The molecule has 4 heteroatoms. The summed E-state index contributed by atoms with van der Waals surface area (Å²) in [7, 11) is 0. The van der Waals surface area contributed by atoms with Gasteiger partial charge in [-0.25, -0.2) is 9.97 Å².